The summed E-state index contributed by atoms with van der Waals surface area (Å²) in [4.78, 5) is 1.21. The van der Waals surface area contributed by atoms with Gasteiger partial charge in [0.15, 0.2) is 0 Å². The molecule has 3 heteroatoms. The van der Waals surface area contributed by atoms with E-state index < -0.39 is 0 Å². The summed E-state index contributed by atoms with van der Waals surface area (Å²) in [5.74, 6) is 0.998. The lowest BCUT2D eigenvalue weighted by molar-refractivity contribution is 0.307. The third-order valence-corrected chi connectivity index (χ3v) is 3.59. The highest BCUT2D eigenvalue weighted by atomic mass is 32.2. The van der Waals surface area contributed by atoms with Crippen molar-refractivity contribution in [1.82, 2.24) is 5.32 Å². The topological polar surface area (TPSA) is 21.3 Å². The maximum absolute atomic E-state index is 5.77. The summed E-state index contributed by atoms with van der Waals surface area (Å²) in [6.45, 7) is 5.01. The zero-order valence-electron chi connectivity index (χ0n) is 11.6. The van der Waals surface area contributed by atoms with Gasteiger partial charge in [0.05, 0.1) is 0 Å². The molecule has 1 rings (SSSR count). The quantitative estimate of drug-likeness (QED) is 0.512. The average Bonchev–Trinajstić information content (AvgIpc) is 2.42. The highest BCUT2D eigenvalue weighted by Gasteiger charge is 2.00. The fourth-order valence-corrected chi connectivity index (χ4v) is 2.32. The van der Waals surface area contributed by atoms with Crippen LogP contribution in [0.1, 0.15) is 32.6 Å². The first kappa shape index (κ1) is 15.4. The van der Waals surface area contributed by atoms with Gasteiger partial charge in [-0.2, -0.15) is 0 Å². The van der Waals surface area contributed by atoms with Gasteiger partial charge in [0.1, 0.15) is 12.4 Å². The molecule has 0 radical (unpaired) electrons. The Kier molecular flexibility index (Phi) is 8.78. The molecule has 1 aromatic rings. The van der Waals surface area contributed by atoms with Gasteiger partial charge < -0.3 is 10.1 Å². The average molecular weight is 267 g/mol. The molecular formula is C15H25NOS. The molecule has 0 aliphatic rings. The van der Waals surface area contributed by atoms with Crippen molar-refractivity contribution in [2.75, 3.05) is 26.0 Å². The number of ether oxygens (including phenoxy) is 1. The predicted molar refractivity (Wildman–Crippen MR) is 80.7 cm³/mol. The van der Waals surface area contributed by atoms with Crippen LogP contribution in [0.4, 0.5) is 0 Å². The molecule has 0 spiro atoms. The molecule has 0 bridgehead atoms. The van der Waals surface area contributed by atoms with E-state index in [9.17, 15) is 0 Å². The summed E-state index contributed by atoms with van der Waals surface area (Å²) in [6, 6.07) is 8.20. The van der Waals surface area contributed by atoms with Crippen LogP contribution in [0.2, 0.25) is 0 Å². The maximum Gasteiger partial charge on any atom is 0.132 e. The first-order valence-corrected chi connectivity index (χ1v) is 8.07. The van der Waals surface area contributed by atoms with Gasteiger partial charge in [0.25, 0.3) is 0 Å². The molecule has 0 saturated heterocycles. The Bertz CT molecular complexity index is 317. The SMILES string of the molecule is CCCCCCNCCOc1ccccc1SC. The van der Waals surface area contributed by atoms with Crippen molar-refractivity contribution in [3.8, 4) is 5.75 Å². The number of para-hydroxylation sites is 1. The van der Waals surface area contributed by atoms with Gasteiger partial charge in [-0.3, -0.25) is 0 Å². The number of thioether (sulfide) groups is 1. The minimum atomic E-state index is 0.741. The highest BCUT2D eigenvalue weighted by molar-refractivity contribution is 7.98. The Morgan fingerprint density at radius 3 is 2.72 bits per heavy atom. The molecule has 0 atom stereocenters. The lowest BCUT2D eigenvalue weighted by Crippen LogP contribution is -2.22. The molecule has 1 N–H and O–H groups in total. The zero-order valence-corrected chi connectivity index (χ0v) is 12.4. The van der Waals surface area contributed by atoms with E-state index in [2.05, 4.69) is 24.6 Å². The molecule has 2 nitrogen and oxygen atoms in total. The lowest BCUT2D eigenvalue weighted by Gasteiger charge is -2.10. The van der Waals surface area contributed by atoms with Crippen LogP contribution in [0.5, 0.6) is 5.75 Å². The second kappa shape index (κ2) is 10.3. The van der Waals surface area contributed by atoms with Crippen LogP contribution >= 0.6 is 11.8 Å². The van der Waals surface area contributed by atoms with Crippen molar-refractivity contribution >= 4 is 11.8 Å². The molecule has 0 aliphatic heterocycles. The van der Waals surface area contributed by atoms with E-state index in [1.54, 1.807) is 11.8 Å². The summed E-state index contributed by atoms with van der Waals surface area (Å²) < 4.78 is 5.77. The normalized spacial score (nSPS) is 10.6. The summed E-state index contributed by atoms with van der Waals surface area (Å²) in [5.41, 5.74) is 0. The monoisotopic (exact) mass is 267 g/mol. The van der Waals surface area contributed by atoms with Gasteiger partial charge in [-0.15, -0.1) is 11.8 Å². The van der Waals surface area contributed by atoms with E-state index in [0.29, 0.717) is 0 Å². The van der Waals surface area contributed by atoms with Gasteiger partial charge in [-0.25, -0.2) is 0 Å². The van der Waals surface area contributed by atoms with Crippen LogP contribution < -0.4 is 10.1 Å². The summed E-state index contributed by atoms with van der Waals surface area (Å²) in [6.07, 6.45) is 7.33. The van der Waals surface area contributed by atoms with Crippen molar-refractivity contribution in [2.24, 2.45) is 0 Å². The molecule has 0 saturated carbocycles. The van der Waals surface area contributed by atoms with Gasteiger partial charge in [-0.05, 0) is 31.4 Å². The molecule has 0 aliphatic carbocycles. The van der Waals surface area contributed by atoms with Crippen LogP contribution in [-0.2, 0) is 0 Å². The van der Waals surface area contributed by atoms with Crippen molar-refractivity contribution in [1.29, 1.82) is 0 Å². The van der Waals surface area contributed by atoms with Gasteiger partial charge in [-0.1, -0.05) is 38.3 Å². The Labute approximate surface area is 116 Å². The third kappa shape index (κ3) is 6.31. The highest BCUT2D eigenvalue weighted by Crippen LogP contribution is 2.26. The maximum atomic E-state index is 5.77. The Morgan fingerprint density at radius 2 is 1.94 bits per heavy atom. The fraction of sp³-hybridized carbons (Fsp3) is 0.600. The summed E-state index contributed by atoms with van der Waals surface area (Å²) in [7, 11) is 0. The predicted octanol–water partition coefficient (Wildman–Crippen LogP) is 3.96. The van der Waals surface area contributed by atoms with Crippen molar-refractivity contribution in [2.45, 2.75) is 37.5 Å². The van der Waals surface area contributed by atoms with Crippen molar-refractivity contribution in [3.05, 3.63) is 24.3 Å². The molecule has 1 aromatic carbocycles. The van der Waals surface area contributed by atoms with Crippen molar-refractivity contribution < 1.29 is 4.74 Å². The van der Waals surface area contributed by atoms with Gasteiger partial charge in [0, 0.05) is 11.4 Å². The first-order chi connectivity index (χ1) is 8.88. The standard InChI is InChI=1S/C15H25NOS/c1-3-4-5-8-11-16-12-13-17-14-9-6-7-10-15(14)18-2/h6-7,9-10,16H,3-5,8,11-13H2,1-2H3. The molecule has 0 heterocycles. The van der Waals surface area contributed by atoms with Gasteiger partial charge in [0.2, 0.25) is 0 Å². The van der Waals surface area contributed by atoms with Crippen molar-refractivity contribution in [3.63, 3.8) is 0 Å². The number of hydrogen-bond donors (Lipinski definition) is 1. The molecule has 102 valence electrons. The third-order valence-electron chi connectivity index (χ3n) is 2.81. The number of hydrogen-bond acceptors (Lipinski definition) is 3. The second-order valence-electron chi connectivity index (χ2n) is 4.31. The number of benzene rings is 1. The molecule has 0 fully saturated rings. The zero-order chi connectivity index (χ0) is 13.1. The number of rotatable bonds is 10. The van der Waals surface area contributed by atoms with Crippen LogP contribution in [0, 0.1) is 0 Å². The van der Waals surface area contributed by atoms with E-state index >= 15 is 0 Å². The molecule has 0 amide bonds. The molecule has 18 heavy (non-hydrogen) atoms. The molecule has 0 unspecified atom stereocenters. The van der Waals surface area contributed by atoms with Gasteiger partial charge >= 0.3 is 0 Å². The Morgan fingerprint density at radius 1 is 1.11 bits per heavy atom. The van der Waals surface area contributed by atoms with E-state index in [1.165, 1.54) is 30.6 Å². The smallest absolute Gasteiger partial charge is 0.132 e. The van der Waals surface area contributed by atoms with E-state index in [-0.39, 0.29) is 0 Å². The number of nitrogens with one attached hydrogen (secondary N) is 1. The molecular weight excluding hydrogens is 242 g/mol. The lowest BCUT2D eigenvalue weighted by atomic mass is 10.2. The Hall–Kier alpha value is -0.670. The summed E-state index contributed by atoms with van der Waals surface area (Å²) in [5, 5.41) is 3.42. The van der Waals surface area contributed by atoms with Crippen LogP contribution in [-0.4, -0.2) is 26.0 Å². The van der Waals surface area contributed by atoms with Crippen LogP contribution in [0.15, 0.2) is 29.2 Å². The minimum absolute atomic E-state index is 0.741. The van der Waals surface area contributed by atoms with Crippen LogP contribution in [0.25, 0.3) is 0 Å². The fourth-order valence-electron chi connectivity index (χ4n) is 1.77. The number of unbranched alkanes of at least 4 members (excludes halogenated alkanes) is 3. The summed E-state index contributed by atoms with van der Waals surface area (Å²) >= 11 is 1.73. The molecule has 0 aromatic heterocycles. The Balaban J connectivity index is 2.07. The van der Waals surface area contributed by atoms with Crippen LogP contribution in [0.3, 0.4) is 0 Å². The van der Waals surface area contributed by atoms with E-state index in [0.717, 1.165) is 25.4 Å². The minimum Gasteiger partial charge on any atom is -0.491 e. The first-order valence-electron chi connectivity index (χ1n) is 6.85. The largest absolute Gasteiger partial charge is 0.491 e. The van der Waals surface area contributed by atoms with E-state index in [1.807, 2.05) is 18.2 Å². The second-order valence-corrected chi connectivity index (χ2v) is 5.16. The van der Waals surface area contributed by atoms with E-state index in [4.69, 9.17) is 4.74 Å².